The molecule has 32 heavy (non-hydrogen) atoms. The average molecular weight is 467 g/mol. The van der Waals surface area contributed by atoms with Gasteiger partial charge >= 0.3 is 12.1 Å². The van der Waals surface area contributed by atoms with Gasteiger partial charge in [-0.1, -0.05) is 45.2 Å². The third-order valence-electron chi connectivity index (χ3n) is 5.79. The number of hydrogen-bond acceptors (Lipinski definition) is 3. The Hall–Kier alpha value is -2.35. The first-order valence-corrected chi connectivity index (χ1v) is 11.8. The molecule has 1 heterocycles. The molecule has 4 nitrogen and oxygen atoms in total. The van der Waals surface area contributed by atoms with Crippen LogP contribution < -0.4 is 10.2 Å². The van der Waals surface area contributed by atoms with Crippen molar-refractivity contribution in [3.8, 4) is 0 Å². The first-order chi connectivity index (χ1) is 15.1. The predicted octanol–water partition coefficient (Wildman–Crippen LogP) is 6.27. The number of hydrogen-bond donors (Lipinski definition) is 1. The molecule has 2 aromatic rings. The molecule has 0 radical (unpaired) electrons. The van der Waals surface area contributed by atoms with Crippen molar-refractivity contribution in [3.63, 3.8) is 0 Å². The zero-order valence-electron chi connectivity index (χ0n) is 18.5. The van der Waals surface area contributed by atoms with Crippen LogP contribution in [0.15, 0.2) is 36.4 Å². The lowest BCUT2D eigenvalue weighted by Crippen LogP contribution is -2.50. The zero-order chi connectivity index (χ0) is 23.5. The van der Waals surface area contributed by atoms with Gasteiger partial charge in [0.15, 0.2) is 6.04 Å². The normalized spacial score (nSPS) is 16.1. The Morgan fingerprint density at radius 1 is 1.03 bits per heavy atom. The maximum Gasteiger partial charge on any atom is 0.471 e. The Balaban J connectivity index is 2.05. The van der Waals surface area contributed by atoms with Crippen LogP contribution in [0.3, 0.4) is 0 Å². The minimum Gasteiger partial charge on any atom is -0.351 e. The monoisotopic (exact) mass is 466 g/mol. The van der Waals surface area contributed by atoms with Gasteiger partial charge in [0.2, 0.25) is 5.91 Å². The van der Waals surface area contributed by atoms with Crippen LogP contribution in [0.1, 0.15) is 73.2 Å². The van der Waals surface area contributed by atoms with Gasteiger partial charge in [0.1, 0.15) is 0 Å². The van der Waals surface area contributed by atoms with E-state index in [1.165, 1.54) is 23.5 Å². The molecule has 2 amide bonds. The number of amides is 2. The van der Waals surface area contributed by atoms with E-state index in [1.54, 1.807) is 24.3 Å². The second kappa shape index (κ2) is 10.1. The molecule has 1 saturated carbocycles. The summed E-state index contributed by atoms with van der Waals surface area (Å²) in [6.07, 6.45) is -0.519. The van der Waals surface area contributed by atoms with Crippen molar-refractivity contribution in [1.29, 1.82) is 0 Å². The second-order valence-electron chi connectivity index (χ2n) is 8.61. The fraction of sp³-hybridized carbons (Fsp3) is 0.500. The summed E-state index contributed by atoms with van der Waals surface area (Å²) in [5.74, 6) is -2.45. The number of halogens is 3. The molecule has 1 aromatic carbocycles. The van der Waals surface area contributed by atoms with Gasteiger partial charge in [0.05, 0.1) is 0 Å². The van der Waals surface area contributed by atoms with Crippen LogP contribution in [0, 0.1) is 6.92 Å². The van der Waals surface area contributed by atoms with Crippen molar-refractivity contribution in [2.45, 2.75) is 77.1 Å². The van der Waals surface area contributed by atoms with E-state index in [0.717, 1.165) is 42.5 Å². The van der Waals surface area contributed by atoms with Gasteiger partial charge in [-0.25, -0.2) is 0 Å². The average Bonchev–Trinajstić information content (AvgIpc) is 3.17. The van der Waals surface area contributed by atoms with Crippen LogP contribution in [0.4, 0.5) is 18.9 Å². The van der Waals surface area contributed by atoms with Crippen molar-refractivity contribution in [2.75, 3.05) is 4.90 Å². The lowest BCUT2D eigenvalue weighted by atomic mass is 9.95. The van der Waals surface area contributed by atoms with E-state index in [1.807, 2.05) is 20.8 Å². The molecular weight excluding hydrogens is 437 g/mol. The first kappa shape index (κ1) is 24.3. The zero-order valence-corrected chi connectivity index (χ0v) is 19.4. The molecule has 0 spiro atoms. The number of alkyl halides is 3. The number of nitrogens with one attached hydrogen (secondary N) is 1. The molecule has 1 aromatic heterocycles. The second-order valence-corrected chi connectivity index (χ2v) is 9.93. The number of thiophene rings is 1. The Bertz CT molecular complexity index is 931. The van der Waals surface area contributed by atoms with E-state index in [-0.39, 0.29) is 17.6 Å². The smallest absolute Gasteiger partial charge is 0.351 e. The SMILES string of the molecule is Cc1ccc([C@@H](C(=O)NC2CCCCC2)N(C(=O)C(F)(F)F)c2ccc(C(C)C)cc2)s1. The van der Waals surface area contributed by atoms with Crippen LogP contribution in [0.2, 0.25) is 0 Å². The number of benzene rings is 1. The quantitative estimate of drug-likeness (QED) is 0.546. The maximum atomic E-state index is 13.7. The van der Waals surface area contributed by atoms with Crippen LogP contribution in [-0.2, 0) is 9.59 Å². The van der Waals surface area contributed by atoms with Gasteiger partial charge < -0.3 is 5.32 Å². The minimum atomic E-state index is -5.12. The minimum absolute atomic E-state index is 0.0478. The summed E-state index contributed by atoms with van der Waals surface area (Å²) < 4.78 is 41.0. The van der Waals surface area contributed by atoms with E-state index in [2.05, 4.69) is 5.32 Å². The van der Waals surface area contributed by atoms with Crippen molar-refractivity contribution < 1.29 is 22.8 Å². The number of aryl methyl sites for hydroxylation is 1. The number of rotatable bonds is 6. The topological polar surface area (TPSA) is 49.4 Å². The highest BCUT2D eigenvalue weighted by Crippen LogP contribution is 2.36. The number of carbonyl (C=O) groups excluding carboxylic acids is 2. The summed E-state index contributed by atoms with van der Waals surface area (Å²) in [7, 11) is 0. The molecule has 0 bridgehead atoms. The summed E-state index contributed by atoms with van der Waals surface area (Å²) in [6, 6.07) is 8.27. The van der Waals surface area contributed by atoms with Gasteiger partial charge in [0.25, 0.3) is 0 Å². The van der Waals surface area contributed by atoms with Gasteiger partial charge in [-0.3, -0.25) is 14.5 Å². The predicted molar refractivity (Wildman–Crippen MR) is 121 cm³/mol. The molecule has 1 aliphatic rings. The summed E-state index contributed by atoms with van der Waals surface area (Å²) >= 11 is 1.22. The fourth-order valence-electron chi connectivity index (χ4n) is 4.04. The van der Waals surface area contributed by atoms with E-state index in [9.17, 15) is 22.8 Å². The summed E-state index contributed by atoms with van der Waals surface area (Å²) in [4.78, 5) is 27.9. The molecular formula is C24H29F3N2O2S. The highest BCUT2D eigenvalue weighted by molar-refractivity contribution is 7.12. The largest absolute Gasteiger partial charge is 0.471 e. The maximum absolute atomic E-state index is 13.7. The van der Waals surface area contributed by atoms with E-state index < -0.39 is 24.0 Å². The van der Waals surface area contributed by atoms with Gasteiger partial charge in [-0.05, 0) is 55.5 Å². The van der Waals surface area contributed by atoms with E-state index in [0.29, 0.717) is 9.78 Å². The van der Waals surface area contributed by atoms with Gasteiger partial charge in [-0.15, -0.1) is 11.3 Å². The van der Waals surface area contributed by atoms with Crippen molar-refractivity contribution in [2.24, 2.45) is 0 Å². The Kier molecular flexibility index (Phi) is 7.64. The standard InChI is InChI=1S/C24H29F3N2O2S/c1-15(2)17-10-12-19(13-11-17)29(23(31)24(25,26)27)21(20-14-9-16(3)32-20)22(30)28-18-7-5-4-6-8-18/h9-15,18,21H,4-8H2,1-3H3,(H,28,30)/t21-/m0/s1. The molecule has 1 fully saturated rings. The van der Waals surface area contributed by atoms with Crippen LogP contribution in [-0.4, -0.2) is 24.0 Å². The van der Waals surface area contributed by atoms with Crippen molar-refractivity contribution >= 4 is 28.8 Å². The molecule has 1 aliphatic carbocycles. The highest BCUT2D eigenvalue weighted by Gasteiger charge is 2.48. The highest BCUT2D eigenvalue weighted by atomic mass is 32.1. The third kappa shape index (κ3) is 5.71. The fourth-order valence-corrected chi connectivity index (χ4v) is 5.01. The Labute approximate surface area is 190 Å². The molecule has 1 N–H and O–H groups in total. The lowest BCUT2D eigenvalue weighted by Gasteiger charge is -2.33. The molecule has 0 aliphatic heterocycles. The van der Waals surface area contributed by atoms with Gasteiger partial charge in [-0.2, -0.15) is 13.2 Å². The molecule has 174 valence electrons. The summed E-state index contributed by atoms with van der Waals surface area (Å²) in [6.45, 7) is 5.77. The summed E-state index contributed by atoms with van der Waals surface area (Å²) in [5, 5.41) is 2.92. The van der Waals surface area contributed by atoms with Crippen LogP contribution in [0.25, 0.3) is 0 Å². The molecule has 1 atom stereocenters. The van der Waals surface area contributed by atoms with E-state index in [4.69, 9.17) is 0 Å². The molecule has 0 saturated heterocycles. The van der Waals surface area contributed by atoms with Crippen molar-refractivity contribution in [1.82, 2.24) is 5.32 Å². The summed E-state index contributed by atoms with van der Waals surface area (Å²) in [5.41, 5.74) is 0.981. The number of anilines is 1. The Morgan fingerprint density at radius 2 is 1.66 bits per heavy atom. The van der Waals surface area contributed by atoms with E-state index >= 15 is 0 Å². The molecule has 0 unspecified atom stereocenters. The van der Waals surface area contributed by atoms with Gasteiger partial charge in [0, 0.05) is 21.5 Å². The number of nitrogens with zero attached hydrogens (tertiary/aromatic N) is 1. The third-order valence-corrected chi connectivity index (χ3v) is 6.84. The van der Waals surface area contributed by atoms with Crippen LogP contribution in [0.5, 0.6) is 0 Å². The molecule has 8 heteroatoms. The van der Waals surface area contributed by atoms with Crippen LogP contribution >= 0.6 is 11.3 Å². The Morgan fingerprint density at radius 3 is 2.16 bits per heavy atom. The number of carbonyl (C=O) groups is 2. The van der Waals surface area contributed by atoms with Crippen molar-refractivity contribution in [3.05, 3.63) is 51.7 Å². The molecule has 3 rings (SSSR count). The first-order valence-electron chi connectivity index (χ1n) is 10.9. The lowest BCUT2D eigenvalue weighted by molar-refractivity contribution is -0.171.